The highest BCUT2D eigenvalue weighted by Crippen LogP contribution is 2.41. The largest absolute Gasteiger partial charge is 0.322 e. The molecular weight excluding hydrogens is 387 g/mol. The van der Waals surface area contributed by atoms with E-state index in [1.54, 1.807) is 40.9 Å². The predicted molar refractivity (Wildman–Crippen MR) is 115 cm³/mol. The quantitative estimate of drug-likeness (QED) is 0.651. The molecule has 0 spiro atoms. The molecule has 2 amide bonds. The van der Waals surface area contributed by atoms with Crippen molar-refractivity contribution in [1.29, 1.82) is 0 Å². The fourth-order valence-electron chi connectivity index (χ4n) is 3.23. The molecule has 1 fully saturated rings. The number of aryl methyl sites for hydroxylation is 1. The van der Waals surface area contributed by atoms with Crippen molar-refractivity contribution in [3.63, 3.8) is 0 Å². The lowest BCUT2D eigenvalue weighted by atomic mass is 10.1. The molecule has 6 heteroatoms. The fraction of sp³-hybridized carbons (Fsp3) is 0.130. The minimum atomic E-state index is -0.559. The van der Waals surface area contributed by atoms with Crippen LogP contribution in [0.4, 0.5) is 15.8 Å². The third-order valence-corrected chi connectivity index (χ3v) is 5.96. The van der Waals surface area contributed by atoms with Crippen LogP contribution in [0.1, 0.15) is 26.9 Å². The van der Waals surface area contributed by atoms with E-state index in [0.717, 1.165) is 16.8 Å². The van der Waals surface area contributed by atoms with Crippen molar-refractivity contribution in [2.75, 3.05) is 16.0 Å². The van der Waals surface area contributed by atoms with Gasteiger partial charge in [-0.1, -0.05) is 42.0 Å². The summed E-state index contributed by atoms with van der Waals surface area (Å²) in [5.41, 5.74) is 3.54. The molecule has 1 saturated heterocycles. The van der Waals surface area contributed by atoms with E-state index < -0.39 is 11.7 Å². The van der Waals surface area contributed by atoms with Gasteiger partial charge in [0.15, 0.2) is 0 Å². The predicted octanol–water partition coefficient (Wildman–Crippen LogP) is 5.17. The first kappa shape index (κ1) is 19.2. The second kappa shape index (κ2) is 8.09. The molecule has 1 aliphatic rings. The van der Waals surface area contributed by atoms with Crippen LogP contribution < -0.4 is 10.2 Å². The van der Waals surface area contributed by atoms with E-state index in [1.807, 2.05) is 43.3 Å². The number of nitrogens with zero attached hydrogens (tertiary/aromatic N) is 1. The van der Waals surface area contributed by atoms with E-state index in [4.69, 9.17) is 0 Å². The van der Waals surface area contributed by atoms with Gasteiger partial charge in [-0.05, 0) is 48.9 Å². The Kier molecular flexibility index (Phi) is 5.36. The third kappa shape index (κ3) is 4.03. The minimum absolute atomic E-state index is 0.000863. The molecule has 1 atom stereocenters. The van der Waals surface area contributed by atoms with E-state index in [0.29, 0.717) is 11.4 Å². The number of thioether (sulfide) groups is 1. The number of benzene rings is 3. The van der Waals surface area contributed by atoms with Gasteiger partial charge in [0, 0.05) is 11.4 Å². The number of amides is 2. The number of hydrogen-bond acceptors (Lipinski definition) is 3. The molecule has 0 aliphatic carbocycles. The summed E-state index contributed by atoms with van der Waals surface area (Å²) >= 11 is 1.57. The van der Waals surface area contributed by atoms with Crippen molar-refractivity contribution in [2.45, 2.75) is 12.3 Å². The number of nitrogens with one attached hydrogen (secondary N) is 1. The van der Waals surface area contributed by atoms with Gasteiger partial charge in [0.05, 0.1) is 11.3 Å². The van der Waals surface area contributed by atoms with Crippen LogP contribution >= 0.6 is 11.8 Å². The number of carbonyl (C=O) groups excluding carboxylic acids is 2. The van der Waals surface area contributed by atoms with Gasteiger partial charge >= 0.3 is 0 Å². The van der Waals surface area contributed by atoms with Crippen molar-refractivity contribution < 1.29 is 14.0 Å². The first-order chi connectivity index (χ1) is 14.0. The van der Waals surface area contributed by atoms with E-state index in [9.17, 15) is 14.0 Å². The molecule has 1 N–H and O–H groups in total. The molecule has 4 nitrogen and oxygen atoms in total. The van der Waals surface area contributed by atoms with Crippen LogP contribution in [0.3, 0.4) is 0 Å². The molecule has 1 aliphatic heterocycles. The Morgan fingerprint density at radius 3 is 2.41 bits per heavy atom. The first-order valence-corrected chi connectivity index (χ1v) is 10.2. The van der Waals surface area contributed by atoms with Gasteiger partial charge in [0.1, 0.15) is 11.2 Å². The summed E-state index contributed by atoms with van der Waals surface area (Å²) in [6, 6.07) is 21.1. The summed E-state index contributed by atoms with van der Waals surface area (Å²) in [6.45, 7) is 2.01. The Labute approximate surface area is 172 Å². The first-order valence-electron chi connectivity index (χ1n) is 9.19. The maximum Gasteiger partial charge on any atom is 0.258 e. The summed E-state index contributed by atoms with van der Waals surface area (Å²) in [6.07, 6.45) is 0. The fourth-order valence-corrected chi connectivity index (χ4v) is 4.41. The number of rotatable bonds is 4. The summed E-state index contributed by atoms with van der Waals surface area (Å²) < 4.78 is 13.8. The average Bonchev–Trinajstić information content (AvgIpc) is 3.11. The lowest BCUT2D eigenvalue weighted by Gasteiger charge is -2.24. The van der Waals surface area contributed by atoms with Crippen molar-refractivity contribution in [3.05, 3.63) is 95.3 Å². The van der Waals surface area contributed by atoms with Crippen LogP contribution in [-0.4, -0.2) is 17.6 Å². The molecule has 29 heavy (non-hydrogen) atoms. The summed E-state index contributed by atoms with van der Waals surface area (Å²) in [7, 11) is 0. The molecule has 146 valence electrons. The topological polar surface area (TPSA) is 49.4 Å². The summed E-state index contributed by atoms with van der Waals surface area (Å²) in [4.78, 5) is 26.5. The number of hydrogen-bond donors (Lipinski definition) is 1. The van der Waals surface area contributed by atoms with Crippen LogP contribution in [-0.2, 0) is 4.79 Å². The van der Waals surface area contributed by atoms with Crippen LogP contribution in [0.25, 0.3) is 0 Å². The molecule has 4 rings (SSSR count). The Morgan fingerprint density at radius 1 is 1.03 bits per heavy atom. The molecular formula is C23H19FN2O2S. The van der Waals surface area contributed by atoms with Gasteiger partial charge in [-0.2, -0.15) is 0 Å². The van der Waals surface area contributed by atoms with Crippen molar-refractivity contribution in [2.24, 2.45) is 0 Å². The maximum atomic E-state index is 13.8. The van der Waals surface area contributed by atoms with Gasteiger partial charge in [-0.3, -0.25) is 14.5 Å². The standard InChI is InChI=1S/C23H19FN2O2S/c1-15-6-12-18(13-7-15)26-21(27)14-29-23(26)16-8-10-17(11-9-16)25-22(28)19-4-2-3-5-20(19)24/h2-13,23H,14H2,1H3,(H,25,28)/t23-/m0/s1. The molecule has 0 aromatic heterocycles. The van der Waals surface area contributed by atoms with E-state index in [1.165, 1.54) is 12.1 Å². The van der Waals surface area contributed by atoms with Crippen LogP contribution in [0.5, 0.6) is 0 Å². The molecule has 0 bridgehead atoms. The number of halogens is 1. The Bertz CT molecular complexity index is 1050. The summed E-state index contributed by atoms with van der Waals surface area (Å²) in [5, 5.41) is 2.58. The van der Waals surface area contributed by atoms with E-state index in [-0.39, 0.29) is 16.8 Å². The summed E-state index contributed by atoms with van der Waals surface area (Å²) in [5.74, 6) is -0.566. The molecule has 3 aromatic carbocycles. The monoisotopic (exact) mass is 406 g/mol. The van der Waals surface area contributed by atoms with Gasteiger partial charge in [0.25, 0.3) is 5.91 Å². The van der Waals surface area contributed by atoms with Gasteiger partial charge in [-0.25, -0.2) is 4.39 Å². The zero-order valence-electron chi connectivity index (χ0n) is 15.8. The molecule has 3 aromatic rings. The normalized spacial score (nSPS) is 16.1. The van der Waals surface area contributed by atoms with Crippen molar-refractivity contribution >= 4 is 35.0 Å². The Morgan fingerprint density at radius 2 is 1.72 bits per heavy atom. The lowest BCUT2D eigenvalue weighted by molar-refractivity contribution is -0.115. The lowest BCUT2D eigenvalue weighted by Crippen LogP contribution is -2.27. The van der Waals surface area contributed by atoms with Gasteiger partial charge in [0.2, 0.25) is 5.91 Å². The van der Waals surface area contributed by atoms with Gasteiger partial charge in [-0.15, -0.1) is 11.8 Å². The molecule has 0 saturated carbocycles. The Hall–Kier alpha value is -3.12. The van der Waals surface area contributed by atoms with Crippen LogP contribution in [0.15, 0.2) is 72.8 Å². The third-order valence-electron chi connectivity index (χ3n) is 4.75. The maximum absolute atomic E-state index is 13.8. The highest BCUT2D eigenvalue weighted by molar-refractivity contribution is 8.00. The SMILES string of the molecule is Cc1ccc(N2C(=O)CS[C@H]2c2ccc(NC(=O)c3ccccc3F)cc2)cc1. The van der Waals surface area contributed by atoms with Gasteiger partial charge < -0.3 is 5.32 Å². The molecule has 0 unspecified atom stereocenters. The molecule has 1 heterocycles. The second-order valence-electron chi connectivity index (χ2n) is 6.82. The zero-order chi connectivity index (χ0) is 20.4. The van der Waals surface area contributed by atoms with Crippen LogP contribution in [0, 0.1) is 12.7 Å². The van der Waals surface area contributed by atoms with E-state index in [2.05, 4.69) is 5.32 Å². The number of carbonyl (C=O) groups is 2. The minimum Gasteiger partial charge on any atom is -0.322 e. The Balaban J connectivity index is 1.52. The van der Waals surface area contributed by atoms with Crippen molar-refractivity contribution in [1.82, 2.24) is 0 Å². The van der Waals surface area contributed by atoms with Crippen molar-refractivity contribution in [3.8, 4) is 0 Å². The average molecular weight is 406 g/mol. The second-order valence-corrected chi connectivity index (χ2v) is 7.89. The zero-order valence-corrected chi connectivity index (χ0v) is 16.6. The highest BCUT2D eigenvalue weighted by atomic mass is 32.2. The van der Waals surface area contributed by atoms with E-state index >= 15 is 0 Å². The smallest absolute Gasteiger partial charge is 0.258 e. The number of anilines is 2. The van der Waals surface area contributed by atoms with Crippen LogP contribution in [0.2, 0.25) is 0 Å². The highest BCUT2D eigenvalue weighted by Gasteiger charge is 2.33. The molecule has 0 radical (unpaired) electrons.